The Labute approximate surface area is 246 Å². The number of nitrogens with zero attached hydrogens (tertiary/aromatic N) is 5. The van der Waals surface area contributed by atoms with Crippen LogP contribution in [-0.2, 0) is 0 Å². The Bertz CT molecular complexity index is 1790. The number of ether oxygens (including phenoxy) is 2. The van der Waals surface area contributed by atoms with Gasteiger partial charge in [-0.3, -0.25) is 4.90 Å². The summed E-state index contributed by atoms with van der Waals surface area (Å²) in [4.78, 5) is 19.2. The minimum Gasteiger partial charge on any atom is -0.508 e. The molecule has 43 heavy (non-hydrogen) atoms. The summed E-state index contributed by atoms with van der Waals surface area (Å²) in [6.45, 7) is 2.83. The van der Waals surface area contributed by atoms with E-state index < -0.39 is 12.0 Å². The second-order valence-electron chi connectivity index (χ2n) is 12.8. The number of phenolic OH excluding ortho intramolecular Hbond substituents is 1. The van der Waals surface area contributed by atoms with Crippen LogP contribution >= 0.6 is 0 Å². The molecule has 0 spiro atoms. The predicted molar refractivity (Wildman–Crippen MR) is 157 cm³/mol. The summed E-state index contributed by atoms with van der Waals surface area (Å²) in [6.07, 6.45) is 3.67. The van der Waals surface area contributed by atoms with Crippen molar-refractivity contribution in [3.05, 3.63) is 42.2 Å². The molecule has 0 unspecified atom stereocenters. The van der Waals surface area contributed by atoms with Crippen LogP contribution in [0.15, 0.2) is 36.4 Å². The lowest BCUT2D eigenvalue weighted by Crippen LogP contribution is -2.60. The zero-order valence-corrected chi connectivity index (χ0v) is 23.6. The van der Waals surface area contributed by atoms with Gasteiger partial charge in [0.25, 0.3) is 0 Å². The van der Waals surface area contributed by atoms with Crippen LogP contribution in [0.1, 0.15) is 32.1 Å². The lowest BCUT2D eigenvalue weighted by Gasteiger charge is -2.40. The lowest BCUT2D eigenvalue weighted by molar-refractivity contribution is 0.107. The van der Waals surface area contributed by atoms with E-state index in [1.807, 2.05) is 0 Å². The number of halogens is 2. The fraction of sp³-hybridized carbons (Fsp3) is 0.469. The molecule has 222 valence electrons. The van der Waals surface area contributed by atoms with Gasteiger partial charge >= 0.3 is 6.01 Å². The monoisotopic (exact) mass is 586 g/mol. The van der Waals surface area contributed by atoms with E-state index in [9.17, 15) is 9.50 Å². The highest BCUT2D eigenvalue weighted by Gasteiger charge is 2.49. The fourth-order valence-corrected chi connectivity index (χ4v) is 8.31. The van der Waals surface area contributed by atoms with Crippen molar-refractivity contribution in [3.8, 4) is 28.9 Å². The molecule has 2 aromatic heterocycles. The van der Waals surface area contributed by atoms with Gasteiger partial charge in [0, 0.05) is 42.5 Å². The average Bonchev–Trinajstić information content (AvgIpc) is 3.62. The van der Waals surface area contributed by atoms with Gasteiger partial charge in [-0.25, -0.2) is 13.8 Å². The number of nitrogens with one attached hydrogen (secondary N) is 1. The number of benzene rings is 2. The smallest absolute Gasteiger partial charge is 0.319 e. The maximum Gasteiger partial charge on any atom is 0.319 e. The number of pyridine rings is 1. The summed E-state index contributed by atoms with van der Waals surface area (Å²) in [5, 5.41) is 15.9. The molecule has 0 amide bonds. The first-order valence-corrected chi connectivity index (χ1v) is 15.3. The van der Waals surface area contributed by atoms with Crippen LogP contribution in [0.5, 0.6) is 17.6 Å². The van der Waals surface area contributed by atoms with E-state index in [-0.39, 0.29) is 29.4 Å². The number of alkyl halides is 1. The third-order valence-corrected chi connectivity index (χ3v) is 10.2. The third kappa shape index (κ3) is 3.97. The van der Waals surface area contributed by atoms with Gasteiger partial charge in [-0.15, -0.1) is 0 Å². The molecule has 2 N–H and O–H groups in total. The highest BCUT2D eigenvalue weighted by Crippen LogP contribution is 2.44. The Morgan fingerprint density at radius 3 is 2.98 bits per heavy atom. The largest absolute Gasteiger partial charge is 0.508 e. The molecule has 0 saturated carbocycles. The standard InChI is InChI=1S/C32H32F2N6O3/c33-18-12-32(7-2-8-39(32)13-18)16-43-31-37-25-11-24(21-10-20(41)9-17-3-1-4-22(34)27(17)21)36-30-28(25)29(38-31)40-14-19-5-6-23(35-19)26(40)15-42-30/h1,3-4,9-11,18-19,23,26,35,41H,2,5-8,12-16H2/t18-,19+,23-,26+,32+/m1/s1. The maximum atomic E-state index is 15.2. The summed E-state index contributed by atoms with van der Waals surface area (Å²) in [6, 6.07) is 10.5. The van der Waals surface area contributed by atoms with Gasteiger partial charge in [0.15, 0.2) is 0 Å². The van der Waals surface area contributed by atoms with Gasteiger partial charge < -0.3 is 24.8 Å². The van der Waals surface area contributed by atoms with E-state index >= 15 is 4.39 Å². The van der Waals surface area contributed by atoms with E-state index in [1.54, 1.807) is 18.2 Å². The molecule has 5 aliphatic heterocycles. The Balaban J connectivity index is 1.20. The highest BCUT2D eigenvalue weighted by atomic mass is 19.1. The molecular formula is C32H32F2N6O3. The molecular weight excluding hydrogens is 554 g/mol. The summed E-state index contributed by atoms with van der Waals surface area (Å²) >= 11 is 0. The molecule has 0 aliphatic carbocycles. The molecule has 4 fully saturated rings. The van der Waals surface area contributed by atoms with Crippen LogP contribution in [0, 0.1) is 5.82 Å². The molecule has 4 saturated heterocycles. The molecule has 0 radical (unpaired) electrons. The highest BCUT2D eigenvalue weighted by molar-refractivity contribution is 6.01. The van der Waals surface area contributed by atoms with Crippen molar-refractivity contribution in [1.82, 2.24) is 25.2 Å². The van der Waals surface area contributed by atoms with Crippen molar-refractivity contribution in [2.24, 2.45) is 0 Å². The van der Waals surface area contributed by atoms with Crippen LogP contribution in [-0.4, -0.2) is 87.6 Å². The molecule has 9 nitrogen and oxygen atoms in total. The second kappa shape index (κ2) is 9.33. The zero-order chi connectivity index (χ0) is 28.9. The Morgan fingerprint density at radius 2 is 2.05 bits per heavy atom. The quantitative estimate of drug-likeness (QED) is 0.362. The fourth-order valence-electron chi connectivity index (χ4n) is 8.31. The Morgan fingerprint density at radius 1 is 1.12 bits per heavy atom. The van der Waals surface area contributed by atoms with Crippen molar-refractivity contribution in [3.63, 3.8) is 0 Å². The van der Waals surface area contributed by atoms with E-state index in [1.165, 1.54) is 18.2 Å². The zero-order valence-electron chi connectivity index (χ0n) is 23.6. The SMILES string of the molecule is Oc1cc(-c2cc3nc(OC[C@@]45CCCN4C[C@H](F)C5)nc4c3c(n2)OC[C@H]2[C@H]3CC[C@@H](CN42)N3)c2c(F)cccc2c1. The van der Waals surface area contributed by atoms with Crippen LogP contribution < -0.4 is 19.7 Å². The van der Waals surface area contributed by atoms with Gasteiger partial charge in [0.05, 0.1) is 22.8 Å². The van der Waals surface area contributed by atoms with Crippen LogP contribution in [0.4, 0.5) is 14.6 Å². The van der Waals surface area contributed by atoms with Gasteiger partial charge in [-0.1, -0.05) is 12.1 Å². The molecule has 4 aromatic rings. The summed E-state index contributed by atoms with van der Waals surface area (Å²) in [5.41, 5.74) is 1.11. The molecule has 7 heterocycles. The minimum absolute atomic E-state index is 0.0107. The van der Waals surface area contributed by atoms with Gasteiger partial charge in [-0.05, 0) is 61.9 Å². The number of fused-ring (bicyclic) bond motifs is 7. The van der Waals surface area contributed by atoms with Crippen molar-refractivity contribution in [1.29, 1.82) is 0 Å². The molecule has 11 heteroatoms. The first-order chi connectivity index (χ1) is 20.9. The number of rotatable bonds is 4. The van der Waals surface area contributed by atoms with Gasteiger partial charge in [0.2, 0.25) is 5.88 Å². The minimum atomic E-state index is -0.853. The molecule has 5 atom stereocenters. The first-order valence-electron chi connectivity index (χ1n) is 15.3. The number of hydrogen-bond acceptors (Lipinski definition) is 9. The Hall–Kier alpha value is -3.83. The summed E-state index contributed by atoms with van der Waals surface area (Å²) in [7, 11) is 0. The summed E-state index contributed by atoms with van der Waals surface area (Å²) < 4.78 is 42.4. The molecule has 2 bridgehead atoms. The van der Waals surface area contributed by atoms with Crippen LogP contribution in [0.25, 0.3) is 32.9 Å². The second-order valence-corrected chi connectivity index (χ2v) is 12.8. The predicted octanol–water partition coefficient (Wildman–Crippen LogP) is 4.35. The number of piperazine rings is 1. The maximum absolute atomic E-state index is 15.2. The van der Waals surface area contributed by atoms with E-state index in [0.29, 0.717) is 71.0 Å². The number of hydrogen-bond donors (Lipinski definition) is 2. The van der Waals surface area contributed by atoms with Crippen LogP contribution in [0.2, 0.25) is 0 Å². The number of phenols is 1. The van der Waals surface area contributed by atoms with Gasteiger partial charge in [-0.2, -0.15) is 9.97 Å². The molecule has 9 rings (SSSR count). The normalized spacial score (nSPS) is 29.5. The van der Waals surface area contributed by atoms with E-state index in [4.69, 9.17) is 24.4 Å². The summed E-state index contributed by atoms with van der Waals surface area (Å²) in [5.74, 6) is 0.702. The average molecular weight is 587 g/mol. The van der Waals surface area contributed by atoms with Crippen molar-refractivity contribution in [2.45, 2.75) is 61.9 Å². The first kappa shape index (κ1) is 25.6. The molecule has 2 aromatic carbocycles. The number of aromatic hydroxyl groups is 1. The van der Waals surface area contributed by atoms with Crippen molar-refractivity contribution in [2.75, 3.05) is 37.7 Å². The van der Waals surface area contributed by atoms with Crippen molar-refractivity contribution < 1.29 is 23.4 Å². The lowest BCUT2D eigenvalue weighted by atomic mass is 9.95. The molecule has 5 aliphatic rings. The third-order valence-electron chi connectivity index (χ3n) is 10.2. The van der Waals surface area contributed by atoms with E-state index in [2.05, 4.69) is 15.1 Å². The van der Waals surface area contributed by atoms with E-state index in [0.717, 1.165) is 44.6 Å². The topological polar surface area (TPSA) is 95.9 Å². The number of anilines is 1. The van der Waals surface area contributed by atoms with Crippen LogP contribution in [0.3, 0.4) is 0 Å². The number of aromatic nitrogens is 3. The van der Waals surface area contributed by atoms with Crippen molar-refractivity contribution >= 4 is 27.5 Å². The van der Waals surface area contributed by atoms with Gasteiger partial charge in [0.1, 0.15) is 42.2 Å². The Kier molecular flexibility index (Phi) is 5.57.